The molecular weight excluding hydrogens is 354 g/mol. The second-order valence-electron chi connectivity index (χ2n) is 5.51. The van der Waals surface area contributed by atoms with Gasteiger partial charge in [0.2, 0.25) is 4.80 Å². The molecule has 0 aliphatic carbocycles. The van der Waals surface area contributed by atoms with Crippen molar-refractivity contribution in [3.8, 4) is 22.8 Å². The zero-order valence-electron chi connectivity index (χ0n) is 13.9. The molecule has 1 aromatic carbocycles. The molecule has 1 aliphatic heterocycles. The Hall–Kier alpha value is -2.38. The number of aryl methyl sites for hydroxylation is 1. The van der Waals surface area contributed by atoms with Crippen LogP contribution in [0.3, 0.4) is 0 Å². The molecule has 3 aromatic rings. The molecule has 128 valence electrons. The molecule has 25 heavy (non-hydrogen) atoms. The summed E-state index contributed by atoms with van der Waals surface area (Å²) in [7, 11) is 1.78. The van der Waals surface area contributed by atoms with Crippen LogP contribution in [0.25, 0.3) is 11.3 Å². The number of hydrogen-bond acceptors (Lipinski definition) is 6. The van der Waals surface area contributed by atoms with Gasteiger partial charge in [0, 0.05) is 18.0 Å². The number of rotatable bonds is 3. The molecule has 4 rings (SSSR count). The lowest BCUT2D eigenvalue weighted by Crippen LogP contribution is -2.15. The Labute approximate surface area is 153 Å². The van der Waals surface area contributed by atoms with Crippen LogP contribution in [0, 0.1) is 6.92 Å². The van der Waals surface area contributed by atoms with Crippen molar-refractivity contribution >= 4 is 28.9 Å². The monoisotopic (exact) mass is 371 g/mol. The Morgan fingerprint density at radius 2 is 1.96 bits per heavy atom. The van der Waals surface area contributed by atoms with Gasteiger partial charge in [-0.05, 0) is 42.1 Å². The predicted molar refractivity (Wildman–Crippen MR) is 102 cm³/mol. The fourth-order valence-corrected chi connectivity index (χ4v) is 4.17. The molecular formula is C18H17N3O2S2. The number of hydrogen-bond donors (Lipinski definition) is 0. The van der Waals surface area contributed by atoms with Crippen LogP contribution < -0.4 is 14.3 Å². The van der Waals surface area contributed by atoms with E-state index < -0.39 is 0 Å². The zero-order valence-corrected chi connectivity index (χ0v) is 15.6. The highest BCUT2D eigenvalue weighted by molar-refractivity contribution is 7.11. The summed E-state index contributed by atoms with van der Waals surface area (Å²) >= 11 is 3.24. The minimum Gasteiger partial charge on any atom is -0.486 e. The molecule has 0 N–H and O–H groups in total. The van der Waals surface area contributed by atoms with Crippen LogP contribution in [0.1, 0.15) is 10.4 Å². The summed E-state index contributed by atoms with van der Waals surface area (Å²) in [5.74, 6) is 1.56. The maximum Gasteiger partial charge on any atom is 0.205 e. The Bertz CT molecular complexity index is 998. The van der Waals surface area contributed by atoms with Gasteiger partial charge in [-0.15, -0.1) is 22.7 Å². The molecule has 0 bridgehead atoms. The van der Waals surface area contributed by atoms with Crippen molar-refractivity contribution < 1.29 is 9.47 Å². The van der Waals surface area contributed by atoms with Crippen LogP contribution in [-0.4, -0.2) is 31.2 Å². The van der Waals surface area contributed by atoms with Gasteiger partial charge >= 0.3 is 0 Å². The van der Waals surface area contributed by atoms with Crippen LogP contribution in [0.5, 0.6) is 11.5 Å². The van der Waals surface area contributed by atoms with Gasteiger partial charge in [-0.2, -0.15) is 5.10 Å². The second kappa shape index (κ2) is 6.85. The number of thiophene rings is 1. The van der Waals surface area contributed by atoms with Crippen molar-refractivity contribution in [2.45, 2.75) is 6.92 Å². The van der Waals surface area contributed by atoms with Crippen LogP contribution >= 0.6 is 22.7 Å². The largest absolute Gasteiger partial charge is 0.486 e. The third-order valence-electron chi connectivity index (χ3n) is 3.91. The first-order valence-corrected chi connectivity index (χ1v) is 9.64. The number of thiazole rings is 1. The normalized spacial score (nSPS) is 14.4. The maximum absolute atomic E-state index is 5.70. The Balaban J connectivity index is 1.77. The number of benzene rings is 1. The molecule has 2 aromatic heterocycles. The van der Waals surface area contributed by atoms with Crippen molar-refractivity contribution in [1.82, 2.24) is 4.68 Å². The van der Waals surface area contributed by atoms with E-state index in [0.717, 1.165) is 32.4 Å². The lowest BCUT2D eigenvalue weighted by molar-refractivity contribution is 0.171. The Morgan fingerprint density at radius 1 is 1.12 bits per heavy atom. The van der Waals surface area contributed by atoms with E-state index in [1.165, 1.54) is 5.56 Å². The molecule has 0 atom stereocenters. The third-order valence-corrected chi connectivity index (χ3v) is 5.77. The quantitative estimate of drug-likeness (QED) is 0.658. The first kappa shape index (κ1) is 16.1. The molecule has 1 aliphatic rings. The van der Waals surface area contributed by atoms with E-state index in [1.54, 1.807) is 29.7 Å². The smallest absolute Gasteiger partial charge is 0.205 e. The summed E-state index contributed by atoms with van der Waals surface area (Å²) in [6, 6.07) is 8.06. The van der Waals surface area contributed by atoms with Crippen molar-refractivity contribution in [2.75, 3.05) is 20.3 Å². The molecule has 0 unspecified atom stereocenters. The van der Waals surface area contributed by atoms with Gasteiger partial charge in [-0.25, -0.2) is 4.68 Å². The number of fused-ring (bicyclic) bond motifs is 1. The van der Waals surface area contributed by atoms with Crippen molar-refractivity contribution in [3.05, 3.63) is 50.3 Å². The molecule has 0 saturated carbocycles. The Morgan fingerprint density at radius 3 is 2.72 bits per heavy atom. The first-order valence-electron chi connectivity index (χ1n) is 7.88. The van der Waals surface area contributed by atoms with Crippen molar-refractivity contribution in [1.29, 1.82) is 0 Å². The van der Waals surface area contributed by atoms with E-state index in [-0.39, 0.29) is 0 Å². The fraction of sp³-hybridized carbons (Fsp3) is 0.222. The first-order chi connectivity index (χ1) is 12.3. The lowest BCUT2D eigenvalue weighted by atomic mass is 10.1. The van der Waals surface area contributed by atoms with Crippen LogP contribution in [-0.2, 0) is 0 Å². The Kier molecular flexibility index (Phi) is 4.42. The topological polar surface area (TPSA) is 48.1 Å². The van der Waals surface area contributed by atoms with Crippen LogP contribution in [0.2, 0.25) is 0 Å². The SMILES string of the molecule is CN=c1scc(-c2ccc3c(c2)OCCO3)n1/N=C\c1sccc1C. The van der Waals surface area contributed by atoms with E-state index >= 15 is 0 Å². The third kappa shape index (κ3) is 3.12. The van der Waals surface area contributed by atoms with Crippen molar-refractivity contribution in [3.63, 3.8) is 0 Å². The lowest BCUT2D eigenvalue weighted by Gasteiger charge is -2.18. The van der Waals surface area contributed by atoms with Crippen molar-refractivity contribution in [2.24, 2.45) is 10.1 Å². The van der Waals surface area contributed by atoms with Crippen LogP contribution in [0.15, 0.2) is 45.1 Å². The van der Waals surface area contributed by atoms with Gasteiger partial charge in [0.05, 0.1) is 16.8 Å². The molecule has 0 saturated heterocycles. The van der Waals surface area contributed by atoms with Gasteiger partial charge in [0.15, 0.2) is 11.5 Å². The van der Waals surface area contributed by atoms with Gasteiger partial charge in [0.25, 0.3) is 0 Å². The average Bonchev–Trinajstić information content (AvgIpc) is 3.25. The van der Waals surface area contributed by atoms with Gasteiger partial charge in [0.1, 0.15) is 13.2 Å². The number of aromatic nitrogens is 1. The highest BCUT2D eigenvalue weighted by Crippen LogP contribution is 2.34. The minimum atomic E-state index is 0.575. The molecule has 0 radical (unpaired) electrons. The van der Waals surface area contributed by atoms with E-state index in [1.807, 2.05) is 29.1 Å². The van der Waals surface area contributed by atoms with E-state index in [0.29, 0.717) is 13.2 Å². The summed E-state index contributed by atoms with van der Waals surface area (Å²) in [5, 5.41) is 8.81. The van der Waals surface area contributed by atoms with Gasteiger partial charge in [-0.1, -0.05) is 0 Å². The number of nitrogens with zero attached hydrogens (tertiary/aromatic N) is 3. The van der Waals surface area contributed by atoms with Gasteiger partial charge in [-0.3, -0.25) is 4.99 Å². The van der Waals surface area contributed by atoms with Gasteiger partial charge < -0.3 is 9.47 Å². The minimum absolute atomic E-state index is 0.575. The highest BCUT2D eigenvalue weighted by atomic mass is 32.1. The van der Waals surface area contributed by atoms with E-state index in [9.17, 15) is 0 Å². The molecule has 7 heteroatoms. The molecule has 3 heterocycles. The number of ether oxygens (including phenoxy) is 2. The maximum atomic E-state index is 5.70. The standard InChI is InChI=1S/C18H17N3O2S2/c1-12-5-8-24-17(12)10-20-21-14(11-25-18(21)19-2)13-3-4-15-16(9-13)23-7-6-22-15/h3-5,8-11H,6-7H2,1-2H3/b19-18?,20-10-. The molecule has 0 fully saturated rings. The van der Waals surface area contributed by atoms with Crippen LogP contribution in [0.4, 0.5) is 0 Å². The fourth-order valence-electron chi connectivity index (χ4n) is 2.59. The molecule has 5 nitrogen and oxygen atoms in total. The summed E-state index contributed by atoms with van der Waals surface area (Å²) in [4.78, 5) is 6.33. The summed E-state index contributed by atoms with van der Waals surface area (Å²) in [6.07, 6.45) is 1.89. The average molecular weight is 371 g/mol. The second-order valence-corrected chi connectivity index (χ2v) is 7.29. The zero-order chi connectivity index (χ0) is 17.2. The summed E-state index contributed by atoms with van der Waals surface area (Å²) in [6.45, 7) is 3.25. The summed E-state index contributed by atoms with van der Waals surface area (Å²) < 4.78 is 13.2. The van der Waals surface area contributed by atoms with E-state index in [2.05, 4.69) is 33.8 Å². The summed E-state index contributed by atoms with van der Waals surface area (Å²) in [5.41, 5.74) is 3.23. The predicted octanol–water partition coefficient (Wildman–Crippen LogP) is 3.77. The molecule has 0 spiro atoms. The van der Waals surface area contributed by atoms with E-state index in [4.69, 9.17) is 9.47 Å². The highest BCUT2D eigenvalue weighted by Gasteiger charge is 2.15. The molecule has 0 amide bonds.